The van der Waals surface area contributed by atoms with E-state index in [0.717, 1.165) is 6.42 Å². The number of carbonyl (C=O) groups excluding carboxylic acids is 1. The van der Waals surface area contributed by atoms with Crippen LogP contribution in [-0.4, -0.2) is 36.7 Å². The van der Waals surface area contributed by atoms with Crippen molar-refractivity contribution >= 4 is 11.9 Å². The summed E-state index contributed by atoms with van der Waals surface area (Å²) in [4.78, 5) is 22.5. The number of carboxylic acid groups (broad SMARTS) is 1. The molecule has 1 aromatic rings. The lowest BCUT2D eigenvalue weighted by Gasteiger charge is -2.06. The van der Waals surface area contributed by atoms with Gasteiger partial charge in [0.25, 0.3) is 0 Å². The molecule has 0 saturated heterocycles. The molecule has 1 amide bonds. The van der Waals surface area contributed by atoms with Crippen LogP contribution in [0.4, 0.5) is 0 Å². The highest BCUT2D eigenvalue weighted by Gasteiger charge is 2.06. The number of hydrogen-bond donors (Lipinski definition) is 2. The molecule has 0 unspecified atom stereocenters. The molecule has 0 bridgehead atoms. The van der Waals surface area contributed by atoms with Crippen molar-refractivity contribution in [3.63, 3.8) is 0 Å². The van der Waals surface area contributed by atoms with Crippen LogP contribution in [0.25, 0.3) is 0 Å². The van der Waals surface area contributed by atoms with E-state index in [1.54, 1.807) is 18.2 Å². The van der Waals surface area contributed by atoms with E-state index in [2.05, 4.69) is 11.9 Å². The van der Waals surface area contributed by atoms with Gasteiger partial charge in [0.15, 0.2) is 0 Å². The summed E-state index contributed by atoms with van der Waals surface area (Å²) in [6.45, 7) is 5.07. The standard InChI is InChI=1S/C15H19NO4/c1-2-3-8-20-9-7-16-14(17)11-12-5-4-6-13(10-12)15(18)19/h2,4-6,10H,1,3,7-9,11H2,(H,16,17)(H,18,19). The van der Waals surface area contributed by atoms with E-state index in [-0.39, 0.29) is 17.9 Å². The van der Waals surface area contributed by atoms with Gasteiger partial charge in [0.1, 0.15) is 0 Å². The van der Waals surface area contributed by atoms with Crippen molar-refractivity contribution in [2.24, 2.45) is 0 Å². The third-order valence-corrected chi connectivity index (χ3v) is 2.57. The molecule has 0 aromatic heterocycles. The number of rotatable bonds is 9. The van der Waals surface area contributed by atoms with Crippen LogP contribution in [0.2, 0.25) is 0 Å². The number of benzene rings is 1. The molecular weight excluding hydrogens is 258 g/mol. The van der Waals surface area contributed by atoms with Gasteiger partial charge in [0, 0.05) is 6.54 Å². The largest absolute Gasteiger partial charge is 0.478 e. The van der Waals surface area contributed by atoms with E-state index >= 15 is 0 Å². The third kappa shape index (κ3) is 6.15. The number of carboxylic acids is 1. The molecule has 0 heterocycles. The Balaban J connectivity index is 2.30. The molecule has 0 aliphatic rings. The highest BCUT2D eigenvalue weighted by molar-refractivity contribution is 5.88. The molecule has 0 radical (unpaired) electrons. The van der Waals surface area contributed by atoms with E-state index in [1.807, 2.05) is 0 Å². The maximum absolute atomic E-state index is 11.7. The first-order chi connectivity index (χ1) is 9.63. The second kappa shape index (κ2) is 8.87. The van der Waals surface area contributed by atoms with Crippen molar-refractivity contribution < 1.29 is 19.4 Å². The van der Waals surface area contributed by atoms with Crippen molar-refractivity contribution in [1.29, 1.82) is 0 Å². The topological polar surface area (TPSA) is 75.6 Å². The third-order valence-electron chi connectivity index (χ3n) is 2.57. The van der Waals surface area contributed by atoms with Gasteiger partial charge in [-0.05, 0) is 24.1 Å². The van der Waals surface area contributed by atoms with Gasteiger partial charge in [-0.2, -0.15) is 0 Å². The molecule has 0 saturated carbocycles. The first kappa shape index (κ1) is 15.9. The molecule has 5 heteroatoms. The van der Waals surface area contributed by atoms with Gasteiger partial charge < -0.3 is 15.2 Å². The van der Waals surface area contributed by atoms with Crippen LogP contribution in [0.3, 0.4) is 0 Å². The van der Waals surface area contributed by atoms with Crippen molar-refractivity contribution in [2.75, 3.05) is 19.8 Å². The molecule has 108 valence electrons. The van der Waals surface area contributed by atoms with Crippen LogP contribution < -0.4 is 5.32 Å². The van der Waals surface area contributed by atoms with E-state index in [4.69, 9.17) is 9.84 Å². The molecule has 1 rings (SSSR count). The van der Waals surface area contributed by atoms with Crippen LogP contribution in [0.15, 0.2) is 36.9 Å². The highest BCUT2D eigenvalue weighted by atomic mass is 16.5. The fourth-order valence-corrected chi connectivity index (χ4v) is 1.59. The maximum Gasteiger partial charge on any atom is 0.335 e. The normalized spacial score (nSPS) is 10.0. The molecule has 0 aliphatic carbocycles. The van der Waals surface area contributed by atoms with E-state index in [9.17, 15) is 9.59 Å². The van der Waals surface area contributed by atoms with E-state index in [0.29, 0.717) is 25.3 Å². The summed E-state index contributed by atoms with van der Waals surface area (Å²) < 4.78 is 5.26. The zero-order valence-corrected chi connectivity index (χ0v) is 11.3. The van der Waals surface area contributed by atoms with Gasteiger partial charge in [0.2, 0.25) is 5.91 Å². The molecular formula is C15H19NO4. The molecule has 1 aromatic carbocycles. The lowest BCUT2D eigenvalue weighted by Crippen LogP contribution is -2.28. The Bertz CT molecular complexity index is 471. The molecule has 5 nitrogen and oxygen atoms in total. The molecule has 0 fully saturated rings. The first-order valence-corrected chi connectivity index (χ1v) is 6.41. The average molecular weight is 277 g/mol. The number of aromatic carboxylic acids is 1. The number of ether oxygens (including phenoxy) is 1. The summed E-state index contributed by atoms with van der Waals surface area (Å²) in [6.07, 6.45) is 2.72. The summed E-state index contributed by atoms with van der Waals surface area (Å²) in [5.74, 6) is -1.15. The number of carbonyl (C=O) groups is 2. The zero-order valence-electron chi connectivity index (χ0n) is 11.3. The van der Waals surface area contributed by atoms with Gasteiger partial charge >= 0.3 is 5.97 Å². The predicted octanol–water partition coefficient (Wildman–Crippen LogP) is 1.64. The monoisotopic (exact) mass is 277 g/mol. The molecule has 20 heavy (non-hydrogen) atoms. The first-order valence-electron chi connectivity index (χ1n) is 6.41. The van der Waals surface area contributed by atoms with Gasteiger partial charge in [-0.15, -0.1) is 6.58 Å². The summed E-state index contributed by atoms with van der Waals surface area (Å²) in [5, 5.41) is 11.6. The van der Waals surface area contributed by atoms with Crippen molar-refractivity contribution in [2.45, 2.75) is 12.8 Å². The lowest BCUT2D eigenvalue weighted by atomic mass is 10.1. The minimum Gasteiger partial charge on any atom is -0.478 e. The van der Waals surface area contributed by atoms with Crippen molar-refractivity contribution in [1.82, 2.24) is 5.32 Å². The Labute approximate surface area is 118 Å². The number of hydrogen-bond acceptors (Lipinski definition) is 3. The van der Waals surface area contributed by atoms with Crippen LogP contribution in [0.1, 0.15) is 22.3 Å². The second-order valence-electron chi connectivity index (χ2n) is 4.22. The second-order valence-corrected chi connectivity index (χ2v) is 4.22. The van der Waals surface area contributed by atoms with Crippen molar-refractivity contribution in [3.8, 4) is 0 Å². The Hall–Kier alpha value is -2.14. The highest BCUT2D eigenvalue weighted by Crippen LogP contribution is 2.06. The van der Waals surface area contributed by atoms with E-state index < -0.39 is 5.97 Å². The molecule has 0 spiro atoms. The SMILES string of the molecule is C=CCCOCCNC(=O)Cc1cccc(C(=O)O)c1. The Morgan fingerprint density at radius 2 is 2.15 bits per heavy atom. The fraction of sp³-hybridized carbons (Fsp3) is 0.333. The summed E-state index contributed by atoms with van der Waals surface area (Å²) in [5.41, 5.74) is 0.859. The minimum absolute atomic E-state index is 0.153. The average Bonchev–Trinajstić information content (AvgIpc) is 2.43. The summed E-state index contributed by atoms with van der Waals surface area (Å²) in [7, 11) is 0. The quantitative estimate of drug-likeness (QED) is 0.531. The van der Waals surface area contributed by atoms with Crippen LogP contribution >= 0.6 is 0 Å². The van der Waals surface area contributed by atoms with Gasteiger partial charge in [0.05, 0.1) is 25.2 Å². The lowest BCUT2D eigenvalue weighted by molar-refractivity contribution is -0.120. The summed E-state index contributed by atoms with van der Waals surface area (Å²) >= 11 is 0. The molecule has 0 atom stereocenters. The van der Waals surface area contributed by atoms with Gasteiger partial charge in [-0.1, -0.05) is 18.2 Å². The smallest absolute Gasteiger partial charge is 0.335 e. The van der Waals surface area contributed by atoms with Crippen LogP contribution in [0.5, 0.6) is 0 Å². The van der Waals surface area contributed by atoms with Gasteiger partial charge in [-0.3, -0.25) is 4.79 Å². The van der Waals surface area contributed by atoms with Crippen molar-refractivity contribution in [3.05, 3.63) is 48.0 Å². The van der Waals surface area contributed by atoms with Gasteiger partial charge in [-0.25, -0.2) is 4.79 Å². The Kier molecular flexibility index (Phi) is 7.06. The maximum atomic E-state index is 11.7. The molecule has 0 aliphatic heterocycles. The number of nitrogens with one attached hydrogen (secondary N) is 1. The van der Waals surface area contributed by atoms with Crippen LogP contribution in [-0.2, 0) is 16.0 Å². The predicted molar refractivity (Wildman–Crippen MR) is 75.7 cm³/mol. The minimum atomic E-state index is -0.997. The Morgan fingerprint density at radius 3 is 2.85 bits per heavy atom. The van der Waals surface area contributed by atoms with Crippen LogP contribution in [0, 0.1) is 0 Å². The summed E-state index contributed by atoms with van der Waals surface area (Å²) in [6, 6.07) is 6.36. The zero-order chi connectivity index (χ0) is 14.8. The molecule has 2 N–H and O–H groups in total. The van der Waals surface area contributed by atoms with E-state index in [1.165, 1.54) is 12.1 Å². The fourth-order valence-electron chi connectivity index (χ4n) is 1.59. The Morgan fingerprint density at radius 1 is 1.35 bits per heavy atom. The number of amides is 1.